The smallest absolute Gasteiger partial charge is 0.407 e. The van der Waals surface area contributed by atoms with Crippen LogP contribution in [-0.4, -0.2) is 57.9 Å². The summed E-state index contributed by atoms with van der Waals surface area (Å²) < 4.78 is 5.10. The molecule has 4 aliphatic rings. The van der Waals surface area contributed by atoms with Crippen LogP contribution in [0.3, 0.4) is 0 Å². The Morgan fingerprint density at radius 3 is 1.91 bits per heavy atom. The van der Waals surface area contributed by atoms with E-state index in [1.807, 2.05) is 6.08 Å². The first kappa shape index (κ1) is 29.7. The predicted molar refractivity (Wildman–Crippen MR) is 128 cm³/mol. The number of carbonyl (C=O) groups is 4. The van der Waals surface area contributed by atoms with Crippen molar-refractivity contribution in [2.75, 3.05) is 0 Å². The van der Waals surface area contributed by atoms with Crippen LogP contribution in [0.1, 0.15) is 65.7 Å². The highest BCUT2D eigenvalue weighted by Gasteiger charge is 2.33. The summed E-state index contributed by atoms with van der Waals surface area (Å²) in [4.78, 5) is 43.1. The quantitative estimate of drug-likeness (QED) is 0.366. The van der Waals surface area contributed by atoms with Gasteiger partial charge in [-0.25, -0.2) is 4.79 Å². The number of nitrogens with one attached hydrogen (secondary N) is 2. The molecular formula is C23H38ClN3O7. The maximum Gasteiger partial charge on any atom is 0.407 e. The highest BCUT2D eigenvalue weighted by molar-refractivity contribution is 5.85. The Hall–Kier alpha value is -2.33. The van der Waals surface area contributed by atoms with E-state index in [2.05, 4.69) is 16.7 Å². The molecule has 11 heteroatoms. The number of rotatable bonds is 3. The molecule has 0 radical (unpaired) electrons. The average Bonchev–Trinajstić information content (AvgIpc) is 3.45. The second kappa shape index (κ2) is 12.9. The largest absolute Gasteiger partial charge is 0.481 e. The van der Waals surface area contributed by atoms with Crippen LogP contribution in [0, 0.1) is 17.8 Å². The minimum absolute atomic E-state index is 0. The van der Waals surface area contributed by atoms with Crippen LogP contribution in [0.4, 0.5) is 4.79 Å². The number of hydrogen-bond acceptors (Lipinski definition) is 6. The molecule has 34 heavy (non-hydrogen) atoms. The molecule has 3 fully saturated rings. The van der Waals surface area contributed by atoms with Crippen molar-refractivity contribution < 1.29 is 34.1 Å². The monoisotopic (exact) mass is 503 g/mol. The van der Waals surface area contributed by atoms with E-state index >= 15 is 0 Å². The minimum Gasteiger partial charge on any atom is -0.481 e. The number of ether oxygens (including phenoxy) is 1. The Morgan fingerprint density at radius 1 is 1.00 bits per heavy atom. The lowest BCUT2D eigenvalue weighted by molar-refractivity contribution is -0.142. The van der Waals surface area contributed by atoms with Crippen LogP contribution in [0.25, 0.3) is 0 Å². The number of alkyl carbamates (subject to hydrolysis) is 1. The number of hydrogen-bond donors (Lipinski definition) is 5. The first-order valence-electron chi connectivity index (χ1n) is 11.5. The third-order valence-electron chi connectivity index (χ3n) is 6.07. The summed E-state index contributed by atoms with van der Waals surface area (Å²) in [6.45, 7) is 5.38. The van der Waals surface area contributed by atoms with E-state index in [0.717, 1.165) is 19.3 Å². The molecule has 3 aliphatic carbocycles. The fourth-order valence-corrected chi connectivity index (χ4v) is 4.34. The molecule has 1 heterocycles. The molecule has 194 valence electrons. The third kappa shape index (κ3) is 9.89. The molecule has 6 atom stereocenters. The zero-order valence-corrected chi connectivity index (χ0v) is 20.8. The van der Waals surface area contributed by atoms with Crippen LogP contribution in [0.5, 0.6) is 0 Å². The van der Waals surface area contributed by atoms with Gasteiger partial charge in [0.25, 0.3) is 0 Å². The van der Waals surface area contributed by atoms with Gasteiger partial charge in [0.1, 0.15) is 5.60 Å². The van der Waals surface area contributed by atoms with Gasteiger partial charge in [0.05, 0.1) is 17.8 Å². The van der Waals surface area contributed by atoms with Crippen LogP contribution in [-0.2, 0) is 19.1 Å². The fraction of sp³-hybridized carbons (Fsp3) is 0.739. The first-order chi connectivity index (χ1) is 15.3. The molecule has 1 saturated heterocycles. The van der Waals surface area contributed by atoms with Crippen molar-refractivity contribution in [3.05, 3.63) is 12.2 Å². The van der Waals surface area contributed by atoms with Crippen molar-refractivity contribution >= 4 is 36.3 Å². The van der Waals surface area contributed by atoms with Gasteiger partial charge >= 0.3 is 18.0 Å². The lowest BCUT2D eigenvalue weighted by atomic mass is 10.1. The van der Waals surface area contributed by atoms with Crippen LogP contribution in [0.15, 0.2) is 12.2 Å². The molecule has 0 aromatic carbocycles. The van der Waals surface area contributed by atoms with Gasteiger partial charge in [-0.05, 0) is 65.7 Å². The van der Waals surface area contributed by atoms with Crippen molar-refractivity contribution in [2.45, 2.75) is 89.4 Å². The first-order valence-corrected chi connectivity index (χ1v) is 11.5. The number of nitrogens with two attached hydrogens (primary N) is 1. The van der Waals surface area contributed by atoms with E-state index in [1.54, 1.807) is 20.8 Å². The molecular weight excluding hydrogens is 466 g/mol. The molecule has 2 amide bonds. The van der Waals surface area contributed by atoms with Gasteiger partial charge in [-0.15, -0.1) is 12.4 Å². The zero-order chi connectivity index (χ0) is 24.8. The molecule has 1 aliphatic heterocycles. The molecule has 0 spiro atoms. The molecule has 4 rings (SSSR count). The molecule has 0 aromatic rings. The van der Waals surface area contributed by atoms with Crippen LogP contribution < -0.4 is 16.4 Å². The van der Waals surface area contributed by atoms with E-state index < -0.39 is 23.6 Å². The van der Waals surface area contributed by atoms with Crippen molar-refractivity contribution in [1.29, 1.82) is 0 Å². The third-order valence-corrected chi connectivity index (χ3v) is 6.07. The summed E-state index contributed by atoms with van der Waals surface area (Å²) in [5.41, 5.74) is 4.98. The van der Waals surface area contributed by atoms with Gasteiger partial charge in [0, 0.05) is 18.1 Å². The Kier molecular flexibility index (Phi) is 11.3. The summed E-state index contributed by atoms with van der Waals surface area (Å²) >= 11 is 0. The van der Waals surface area contributed by atoms with Gasteiger partial charge in [0.15, 0.2) is 0 Å². The Balaban J connectivity index is 0.000000271. The van der Waals surface area contributed by atoms with E-state index in [-0.39, 0.29) is 48.2 Å². The van der Waals surface area contributed by atoms with Crippen LogP contribution >= 0.6 is 12.4 Å². The van der Waals surface area contributed by atoms with Crippen LogP contribution in [0.2, 0.25) is 0 Å². The second-order valence-corrected chi connectivity index (χ2v) is 10.1. The van der Waals surface area contributed by atoms with E-state index in [9.17, 15) is 19.2 Å². The summed E-state index contributed by atoms with van der Waals surface area (Å²) in [7, 11) is 0. The molecule has 2 bridgehead atoms. The summed E-state index contributed by atoms with van der Waals surface area (Å²) in [5, 5.41) is 22.8. The molecule has 0 unspecified atom stereocenters. The molecule has 10 nitrogen and oxygen atoms in total. The number of carboxylic acid groups (broad SMARTS) is 2. The lowest BCUT2D eigenvalue weighted by Gasteiger charge is -2.21. The van der Waals surface area contributed by atoms with E-state index in [4.69, 9.17) is 20.7 Å². The van der Waals surface area contributed by atoms with Crippen molar-refractivity contribution in [3.8, 4) is 0 Å². The molecule has 2 saturated carbocycles. The normalized spacial score (nSPS) is 30.6. The standard InChI is InChI=1S/C11H19NO4.C6H11NO2.C6H7NO.ClH/c1-11(2,3)16-10(15)12-8-5-4-7(6-8)9(13)14;7-5-2-1-4(3-5)6(8)9;8-6-4-1-2-5(3-4)7-6;/h7-8H,4-6H2,1-3H3,(H,12,15)(H,13,14);4-5H,1-3,7H2,(H,8,9);1-2,4-5H,3H2,(H,7,8);1H/t7-,8-;2*4-,5-;/m111./s1. The summed E-state index contributed by atoms with van der Waals surface area (Å²) in [6.07, 6.45) is 8.70. The van der Waals surface area contributed by atoms with Gasteiger partial charge in [-0.2, -0.15) is 0 Å². The second-order valence-electron chi connectivity index (χ2n) is 10.1. The van der Waals surface area contributed by atoms with E-state index in [0.29, 0.717) is 31.7 Å². The van der Waals surface area contributed by atoms with Gasteiger partial charge in [0.2, 0.25) is 5.91 Å². The lowest BCUT2D eigenvalue weighted by Crippen LogP contribution is -2.38. The highest BCUT2D eigenvalue weighted by Crippen LogP contribution is 2.26. The summed E-state index contributed by atoms with van der Waals surface area (Å²) in [6, 6.07) is 0.426. The zero-order valence-electron chi connectivity index (χ0n) is 20.0. The summed E-state index contributed by atoms with van der Waals surface area (Å²) in [5.74, 6) is -1.56. The van der Waals surface area contributed by atoms with Gasteiger partial charge in [-0.3, -0.25) is 14.4 Å². The highest BCUT2D eigenvalue weighted by atomic mass is 35.5. The van der Waals surface area contributed by atoms with E-state index in [1.165, 1.54) is 0 Å². The number of carboxylic acids is 2. The Labute approximate surface area is 206 Å². The minimum atomic E-state index is -0.784. The van der Waals surface area contributed by atoms with Crippen molar-refractivity contribution in [1.82, 2.24) is 10.6 Å². The Morgan fingerprint density at radius 2 is 1.59 bits per heavy atom. The van der Waals surface area contributed by atoms with Crippen molar-refractivity contribution in [2.24, 2.45) is 23.5 Å². The number of aliphatic carboxylic acids is 2. The molecule has 6 N–H and O–H groups in total. The topological polar surface area (TPSA) is 168 Å². The SMILES string of the molecule is CC(C)(C)OC(=O)N[C@@H]1CC[C@@H](C(=O)O)C1.Cl.N[C@@H]1CC[C@@H](C(=O)O)C1.O=C1N[C@@H]2C=C[C@@H]1C2. The number of amides is 2. The van der Waals surface area contributed by atoms with Gasteiger partial charge < -0.3 is 31.3 Å². The Bertz CT molecular complexity index is 768. The number of halogens is 1. The van der Waals surface area contributed by atoms with Crippen molar-refractivity contribution in [3.63, 3.8) is 0 Å². The molecule has 0 aromatic heterocycles. The fourth-order valence-electron chi connectivity index (χ4n) is 4.34. The number of fused-ring (bicyclic) bond motifs is 2. The maximum atomic E-state index is 11.4. The van der Waals surface area contributed by atoms with Gasteiger partial charge in [-0.1, -0.05) is 12.2 Å². The predicted octanol–water partition coefficient (Wildman–Crippen LogP) is 2.45. The maximum absolute atomic E-state index is 11.4. The number of carbonyl (C=O) groups excluding carboxylic acids is 2. The average molecular weight is 504 g/mol.